The van der Waals surface area contributed by atoms with Crippen molar-refractivity contribution >= 4 is 44.2 Å². The SMILES string of the molecule is O=C(Cl)CN(c1ccc(Cl)cc1)S(=O)(=O)c1ccc(F)cc1. The van der Waals surface area contributed by atoms with Crippen molar-refractivity contribution in [3.05, 3.63) is 59.4 Å². The summed E-state index contributed by atoms with van der Waals surface area (Å²) in [5.41, 5.74) is 0.225. The van der Waals surface area contributed by atoms with E-state index < -0.39 is 27.6 Å². The van der Waals surface area contributed by atoms with Gasteiger partial charge in [-0.25, -0.2) is 12.8 Å². The van der Waals surface area contributed by atoms with Gasteiger partial charge in [0.2, 0.25) is 5.24 Å². The highest BCUT2D eigenvalue weighted by molar-refractivity contribution is 7.92. The van der Waals surface area contributed by atoms with E-state index in [0.29, 0.717) is 5.02 Å². The molecule has 0 atom stereocenters. The molecular formula is C14H10Cl2FNO3S. The minimum Gasteiger partial charge on any atom is -0.279 e. The van der Waals surface area contributed by atoms with Crippen molar-refractivity contribution in [2.45, 2.75) is 4.90 Å². The first kappa shape index (κ1) is 16.7. The van der Waals surface area contributed by atoms with E-state index in [0.717, 1.165) is 28.6 Å². The Morgan fingerprint density at radius 3 is 2.09 bits per heavy atom. The van der Waals surface area contributed by atoms with Crippen molar-refractivity contribution in [1.82, 2.24) is 0 Å². The lowest BCUT2D eigenvalue weighted by Gasteiger charge is -2.23. The molecule has 2 aromatic carbocycles. The highest BCUT2D eigenvalue weighted by Crippen LogP contribution is 2.25. The van der Waals surface area contributed by atoms with Gasteiger partial charge in [0.1, 0.15) is 12.4 Å². The van der Waals surface area contributed by atoms with Crippen LogP contribution in [-0.2, 0) is 14.8 Å². The molecule has 0 amide bonds. The fourth-order valence-electron chi connectivity index (χ4n) is 1.77. The Morgan fingerprint density at radius 1 is 1.05 bits per heavy atom. The van der Waals surface area contributed by atoms with E-state index in [4.69, 9.17) is 23.2 Å². The second-order valence-electron chi connectivity index (χ2n) is 4.30. The van der Waals surface area contributed by atoms with Crippen molar-refractivity contribution < 1.29 is 17.6 Å². The van der Waals surface area contributed by atoms with Crippen LogP contribution in [0.5, 0.6) is 0 Å². The van der Waals surface area contributed by atoms with Gasteiger partial charge in [0.05, 0.1) is 10.6 Å². The van der Waals surface area contributed by atoms with E-state index in [1.807, 2.05) is 0 Å². The minimum atomic E-state index is -4.06. The second-order valence-corrected chi connectivity index (χ2v) is 7.02. The molecule has 0 N–H and O–H groups in total. The average Bonchev–Trinajstić information content (AvgIpc) is 2.46. The van der Waals surface area contributed by atoms with Crippen LogP contribution in [0, 0.1) is 5.82 Å². The lowest BCUT2D eigenvalue weighted by molar-refractivity contribution is -0.110. The van der Waals surface area contributed by atoms with Crippen LogP contribution in [0.3, 0.4) is 0 Å². The van der Waals surface area contributed by atoms with Crippen LogP contribution in [0.25, 0.3) is 0 Å². The molecule has 0 unspecified atom stereocenters. The Kier molecular flexibility index (Phi) is 5.05. The summed E-state index contributed by atoms with van der Waals surface area (Å²) in [7, 11) is -4.06. The summed E-state index contributed by atoms with van der Waals surface area (Å²) in [4.78, 5) is 11.0. The van der Waals surface area contributed by atoms with Crippen molar-refractivity contribution in [3.63, 3.8) is 0 Å². The molecule has 2 aromatic rings. The van der Waals surface area contributed by atoms with Gasteiger partial charge in [-0.15, -0.1) is 0 Å². The number of rotatable bonds is 5. The minimum absolute atomic E-state index is 0.151. The zero-order chi connectivity index (χ0) is 16.3. The van der Waals surface area contributed by atoms with Crippen molar-refractivity contribution in [2.24, 2.45) is 0 Å². The molecule has 8 heteroatoms. The number of anilines is 1. The Balaban J connectivity index is 2.50. The summed E-state index contributed by atoms with van der Waals surface area (Å²) in [5, 5.41) is -0.430. The van der Waals surface area contributed by atoms with E-state index in [1.165, 1.54) is 24.3 Å². The predicted octanol–water partition coefficient (Wildman–Crippen LogP) is 3.44. The van der Waals surface area contributed by atoms with Gasteiger partial charge >= 0.3 is 0 Å². The molecule has 0 aliphatic heterocycles. The van der Waals surface area contributed by atoms with Gasteiger partial charge in [-0.05, 0) is 60.1 Å². The lowest BCUT2D eigenvalue weighted by Crippen LogP contribution is -2.34. The van der Waals surface area contributed by atoms with E-state index in [9.17, 15) is 17.6 Å². The Labute approximate surface area is 137 Å². The summed E-state index contributed by atoms with van der Waals surface area (Å²) < 4.78 is 39.0. The van der Waals surface area contributed by atoms with Crippen molar-refractivity contribution in [2.75, 3.05) is 10.8 Å². The molecule has 4 nitrogen and oxygen atoms in total. The molecular weight excluding hydrogens is 352 g/mol. The molecule has 0 radical (unpaired) electrons. The quantitative estimate of drug-likeness (QED) is 0.766. The molecule has 0 bridgehead atoms. The Hall–Kier alpha value is -1.63. The number of halogens is 3. The Bertz CT molecular complexity index is 777. The van der Waals surface area contributed by atoms with Gasteiger partial charge in [-0.2, -0.15) is 0 Å². The van der Waals surface area contributed by atoms with Gasteiger partial charge in [-0.1, -0.05) is 11.6 Å². The first-order valence-electron chi connectivity index (χ1n) is 6.03. The molecule has 0 saturated carbocycles. The molecule has 0 aromatic heterocycles. The summed E-state index contributed by atoms with van der Waals surface area (Å²) in [6.07, 6.45) is 0. The molecule has 0 heterocycles. The number of carbonyl (C=O) groups is 1. The van der Waals surface area contributed by atoms with Gasteiger partial charge in [0, 0.05) is 5.02 Å². The molecule has 0 aliphatic rings. The summed E-state index contributed by atoms with van der Waals surface area (Å²) in [6, 6.07) is 10.2. The maximum Gasteiger partial charge on any atom is 0.264 e. The van der Waals surface area contributed by atoms with Crippen LogP contribution in [0.4, 0.5) is 10.1 Å². The maximum atomic E-state index is 13.0. The molecule has 116 valence electrons. The number of carbonyl (C=O) groups excluding carboxylic acids is 1. The van der Waals surface area contributed by atoms with Crippen LogP contribution in [0.1, 0.15) is 0 Å². The number of hydrogen-bond acceptors (Lipinski definition) is 3. The van der Waals surface area contributed by atoms with E-state index in [1.54, 1.807) is 0 Å². The summed E-state index contributed by atoms with van der Waals surface area (Å²) in [6.45, 7) is -0.553. The molecule has 0 aliphatic carbocycles. The highest BCUT2D eigenvalue weighted by Gasteiger charge is 2.26. The number of hydrogen-bond donors (Lipinski definition) is 0. The molecule has 0 saturated heterocycles. The topological polar surface area (TPSA) is 54.5 Å². The summed E-state index contributed by atoms with van der Waals surface area (Å²) in [5.74, 6) is -0.564. The maximum absolute atomic E-state index is 13.0. The molecule has 22 heavy (non-hydrogen) atoms. The van der Waals surface area contributed by atoms with Crippen LogP contribution in [0.15, 0.2) is 53.4 Å². The normalized spacial score (nSPS) is 11.2. The smallest absolute Gasteiger partial charge is 0.264 e. The van der Waals surface area contributed by atoms with E-state index in [-0.39, 0.29) is 10.6 Å². The number of sulfonamides is 1. The fraction of sp³-hybridized carbons (Fsp3) is 0.0714. The van der Waals surface area contributed by atoms with Crippen molar-refractivity contribution in [1.29, 1.82) is 0 Å². The lowest BCUT2D eigenvalue weighted by atomic mass is 10.3. The molecule has 0 spiro atoms. The summed E-state index contributed by atoms with van der Waals surface area (Å²) >= 11 is 11.1. The Morgan fingerprint density at radius 2 is 1.59 bits per heavy atom. The zero-order valence-electron chi connectivity index (χ0n) is 11.0. The predicted molar refractivity (Wildman–Crippen MR) is 83.2 cm³/mol. The monoisotopic (exact) mass is 361 g/mol. The van der Waals surface area contributed by atoms with Crippen LogP contribution >= 0.6 is 23.2 Å². The van der Waals surface area contributed by atoms with Gasteiger partial charge in [0.15, 0.2) is 0 Å². The zero-order valence-corrected chi connectivity index (χ0v) is 13.4. The van der Waals surface area contributed by atoms with Gasteiger partial charge in [-0.3, -0.25) is 9.10 Å². The molecule has 2 rings (SSSR count). The van der Waals surface area contributed by atoms with Crippen LogP contribution in [0.2, 0.25) is 5.02 Å². The van der Waals surface area contributed by atoms with Crippen LogP contribution < -0.4 is 4.31 Å². The van der Waals surface area contributed by atoms with Crippen molar-refractivity contribution in [3.8, 4) is 0 Å². The van der Waals surface area contributed by atoms with E-state index in [2.05, 4.69) is 0 Å². The van der Waals surface area contributed by atoms with Gasteiger partial charge < -0.3 is 0 Å². The third-order valence-corrected chi connectivity index (χ3v) is 4.94. The number of benzene rings is 2. The van der Waals surface area contributed by atoms with Crippen LogP contribution in [-0.4, -0.2) is 20.2 Å². The number of nitrogens with zero attached hydrogens (tertiary/aromatic N) is 1. The molecule has 0 fully saturated rings. The standard InChI is InChI=1S/C14H10Cl2FNO3S/c15-10-1-5-12(6-2-10)18(9-14(16)19)22(20,21)13-7-3-11(17)4-8-13/h1-8H,9H2. The second kappa shape index (κ2) is 6.64. The third-order valence-electron chi connectivity index (χ3n) is 2.78. The highest BCUT2D eigenvalue weighted by atomic mass is 35.5. The first-order chi connectivity index (χ1) is 10.3. The largest absolute Gasteiger partial charge is 0.279 e. The average molecular weight is 362 g/mol. The fourth-order valence-corrected chi connectivity index (χ4v) is 3.51. The first-order valence-corrected chi connectivity index (χ1v) is 8.22. The third kappa shape index (κ3) is 3.76. The van der Waals surface area contributed by atoms with E-state index >= 15 is 0 Å². The van der Waals surface area contributed by atoms with Gasteiger partial charge in [0.25, 0.3) is 10.0 Å².